The highest BCUT2D eigenvalue weighted by molar-refractivity contribution is 4.93. The van der Waals surface area contributed by atoms with Gasteiger partial charge in [-0.1, -0.05) is 0 Å². The average molecular weight is 340 g/mol. The van der Waals surface area contributed by atoms with E-state index in [0.29, 0.717) is 18.8 Å². The largest absolute Gasteiger partial charge is 0.390 e. The number of alkyl halides is 2. The van der Waals surface area contributed by atoms with Crippen LogP contribution in [-0.2, 0) is 0 Å². The van der Waals surface area contributed by atoms with E-state index in [4.69, 9.17) is 0 Å². The third-order valence-electron chi connectivity index (χ3n) is 8.07. The fourth-order valence-electron chi connectivity index (χ4n) is 6.33. The number of aliphatic hydroxyl groups is 1. The van der Waals surface area contributed by atoms with Gasteiger partial charge in [0, 0.05) is 0 Å². The molecule has 4 aliphatic rings. The van der Waals surface area contributed by atoms with Gasteiger partial charge in [0.15, 0.2) is 6.17 Å². The molecule has 0 saturated heterocycles. The van der Waals surface area contributed by atoms with E-state index in [2.05, 4.69) is 0 Å². The molecule has 0 radical (unpaired) electrons. The van der Waals surface area contributed by atoms with Crippen molar-refractivity contribution in [3.8, 4) is 0 Å². The molecule has 0 aliphatic heterocycles. The molecule has 4 atom stereocenters. The van der Waals surface area contributed by atoms with Crippen LogP contribution in [0.15, 0.2) is 0 Å². The van der Waals surface area contributed by atoms with E-state index in [-0.39, 0.29) is 5.92 Å². The molecule has 138 valence electrons. The summed E-state index contributed by atoms with van der Waals surface area (Å²) in [6.45, 7) is 0. The monoisotopic (exact) mass is 340 g/mol. The minimum Gasteiger partial charge on any atom is -0.390 e. The Morgan fingerprint density at radius 2 is 0.833 bits per heavy atom. The first-order valence-electron chi connectivity index (χ1n) is 10.6. The van der Waals surface area contributed by atoms with Crippen molar-refractivity contribution < 1.29 is 13.9 Å². The zero-order valence-electron chi connectivity index (χ0n) is 14.9. The lowest BCUT2D eigenvalue weighted by Gasteiger charge is -2.42. The summed E-state index contributed by atoms with van der Waals surface area (Å²) in [6.07, 6.45) is 10.3. The summed E-state index contributed by atoms with van der Waals surface area (Å²) in [4.78, 5) is 0. The van der Waals surface area contributed by atoms with Crippen LogP contribution in [0.2, 0.25) is 0 Å². The summed E-state index contributed by atoms with van der Waals surface area (Å²) < 4.78 is 28.1. The van der Waals surface area contributed by atoms with Crippen molar-refractivity contribution >= 4 is 0 Å². The smallest absolute Gasteiger partial charge is 0.157 e. The Hall–Kier alpha value is -0.180. The zero-order valence-corrected chi connectivity index (χ0v) is 14.9. The van der Waals surface area contributed by atoms with Gasteiger partial charge in [0.1, 0.15) is 6.17 Å². The Balaban J connectivity index is 1.25. The molecule has 4 saturated carbocycles. The summed E-state index contributed by atoms with van der Waals surface area (Å²) in [5.41, 5.74) is 0. The van der Waals surface area contributed by atoms with Crippen LogP contribution in [0.3, 0.4) is 0 Å². The van der Waals surface area contributed by atoms with E-state index < -0.39 is 18.4 Å². The minimum atomic E-state index is -1.65. The van der Waals surface area contributed by atoms with Gasteiger partial charge in [-0.3, -0.25) is 0 Å². The van der Waals surface area contributed by atoms with Gasteiger partial charge in [-0.05, 0) is 113 Å². The molecule has 0 aromatic heterocycles. The topological polar surface area (TPSA) is 20.2 Å². The molecular weight excluding hydrogens is 306 g/mol. The van der Waals surface area contributed by atoms with Crippen molar-refractivity contribution in [1.29, 1.82) is 0 Å². The SMILES string of the molecule is OC1CCC(C2CCC(C3CCC(C4CC4)CC3)CC2)C(F)C1F. The lowest BCUT2D eigenvalue weighted by molar-refractivity contribution is -0.0561. The molecule has 4 rings (SSSR count). The molecule has 24 heavy (non-hydrogen) atoms. The molecule has 0 aromatic rings. The van der Waals surface area contributed by atoms with Gasteiger partial charge in [-0.15, -0.1) is 0 Å². The summed E-state index contributed by atoms with van der Waals surface area (Å²) in [5, 5.41) is 9.53. The first kappa shape index (κ1) is 17.2. The van der Waals surface area contributed by atoms with E-state index in [1.165, 1.54) is 51.4 Å². The predicted octanol–water partition coefficient (Wildman–Crippen LogP) is 5.46. The van der Waals surface area contributed by atoms with Gasteiger partial charge in [-0.25, -0.2) is 8.78 Å². The Morgan fingerprint density at radius 3 is 1.25 bits per heavy atom. The normalized spacial score (nSPS) is 50.6. The molecule has 4 fully saturated rings. The maximum Gasteiger partial charge on any atom is 0.157 e. The third-order valence-corrected chi connectivity index (χ3v) is 8.07. The van der Waals surface area contributed by atoms with E-state index >= 15 is 0 Å². The van der Waals surface area contributed by atoms with Crippen LogP contribution in [0.1, 0.15) is 77.0 Å². The highest BCUT2D eigenvalue weighted by Crippen LogP contribution is 2.49. The molecule has 0 bridgehead atoms. The molecule has 4 aliphatic carbocycles. The van der Waals surface area contributed by atoms with Crippen LogP contribution in [0.25, 0.3) is 0 Å². The number of hydrogen-bond acceptors (Lipinski definition) is 1. The summed E-state index contributed by atoms with van der Waals surface area (Å²) in [7, 11) is 0. The van der Waals surface area contributed by atoms with Crippen LogP contribution in [0.4, 0.5) is 8.78 Å². The first-order valence-corrected chi connectivity index (χ1v) is 10.6. The van der Waals surface area contributed by atoms with Crippen LogP contribution in [0.5, 0.6) is 0 Å². The lowest BCUT2D eigenvalue weighted by atomic mass is 9.65. The molecule has 0 aromatic carbocycles. The van der Waals surface area contributed by atoms with E-state index in [9.17, 15) is 13.9 Å². The van der Waals surface area contributed by atoms with Gasteiger partial charge in [0.25, 0.3) is 0 Å². The molecule has 0 amide bonds. The lowest BCUT2D eigenvalue weighted by Crippen LogP contribution is -2.44. The third kappa shape index (κ3) is 3.52. The summed E-state index contributed by atoms with van der Waals surface area (Å²) in [5.74, 6) is 4.05. The quantitative estimate of drug-likeness (QED) is 0.723. The van der Waals surface area contributed by atoms with Crippen LogP contribution in [-0.4, -0.2) is 23.6 Å². The van der Waals surface area contributed by atoms with Gasteiger partial charge in [0.2, 0.25) is 0 Å². The van der Waals surface area contributed by atoms with Crippen molar-refractivity contribution in [3.05, 3.63) is 0 Å². The Kier molecular flexibility index (Phi) is 5.18. The van der Waals surface area contributed by atoms with Crippen molar-refractivity contribution in [2.45, 2.75) is 95.5 Å². The fourth-order valence-corrected chi connectivity index (χ4v) is 6.33. The maximum absolute atomic E-state index is 14.3. The van der Waals surface area contributed by atoms with Gasteiger partial charge >= 0.3 is 0 Å². The van der Waals surface area contributed by atoms with Crippen molar-refractivity contribution in [2.24, 2.45) is 35.5 Å². The van der Waals surface area contributed by atoms with Crippen LogP contribution < -0.4 is 0 Å². The van der Waals surface area contributed by atoms with Gasteiger partial charge < -0.3 is 5.11 Å². The molecule has 0 spiro atoms. The number of rotatable bonds is 3. The fraction of sp³-hybridized carbons (Fsp3) is 1.00. The predicted molar refractivity (Wildman–Crippen MR) is 92.1 cm³/mol. The average Bonchev–Trinajstić information content (AvgIpc) is 3.46. The van der Waals surface area contributed by atoms with Crippen LogP contribution >= 0.6 is 0 Å². The van der Waals surface area contributed by atoms with Crippen molar-refractivity contribution in [3.63, 3.8) is 0 Å². The maximum atomic E-state index is 14.3. The summed E-state index contributed by atoms with van der Waals surface area (Å²) >= 11 is 0. The first-order chi connectivity index (χ1) is 11.6. The molecule has 1 N–H and O–H groups in total. The molecule has 4 unspecified atom stereocenters. The standard InChI is InChI=1S/C21H34F2O/c22-20-18(11-12-19(24)21(20)23)17-9-7-16(8-10-17)15-5-3-14(4-6-15)13-1-2-13/h13-21,24H,1-12H2. The van der Waals surface area contributed by atoms with E-state index in [1.807, 2.05) is 0 Å². The van der Waals surface area contributed by atoms with E-state index in [1.54, 1.807) is 0 Å². The van der Waals surface area contributed by atoms with Gasteiger partial charge in [-0.2, -0.15) is 0 Å². The van der Waals surface area contributed by atoms with Crippen LogP contribution in [0, 0.1) is 35.5 Å². The highest BCUT2D eigenvalue weighted by atomic mass is 19.2. The number of aliphatic hydroxyl groups excluding tert-OH is 1. The molecular formula is C21H34F2O. The molecule has 3 heteroatoms. The Bertz CT molecular complexity index is 408. The van der Waals surface area contributed by atoms with E-state index in [0.717, 1.165) is 36.5 Å². The second-order valence-electron chi connectivity index (χ2n) is 9.38. The highest BCUT2D eigenvalue weighted by Gasteiger charge is 2.44. The zero-order chi connectivity index (χ0) is 16.7. The second-order valence-corrected chi connectivity index (χ2v) is 9.38. The van der Waals surface area contributed by atoms with Gasteiger partial charge in [0.05, 0.1) is 6.10 Å². The van der Waals surface area contributed by atoms with Crippen molar-refractivity contribution in [2.75, 3.05) is 0 Å². The Morgan fingerprint density at radius 1 is 0.458 bits per heavy atom. The van der Waals surface area contributed by atoms with Crippen molar-refractivity contribution in [1.82, 2.24) is 0 Å². The number of hydrogen-bond donors (Lipinski definition) is 1. The Labute approximate surface area is 145 Å². The second kappa shape index (κ2) is 7.21. The number of halogens is 2. The molecule has 0 heterocycles. The summed E-state index contributed by atoms with van der Waals surface area (Å²) in [6, 6.07) is 0. The molecule has 1 nitrogen and oxygen atoms in total. The minimum absolute atomic E-state index is 0.144.